The Hall–Kier alpha value is -1.79. The first kappa shape index (κ1) is 13.3. The average Bonchev–Trinajstić information content (AvgIpc) is 2.30. The van der Waals surface area contributed by atoms with E-state index in [1.807, 2.05) is 0 Å². The smallest absolute Gasteiger partial charge is 0.313 e. The maximum atomic E-state index is 11.3. The number of halogens is 1. The number of nitrogens with two attached hydrogens (primary N) is 1. The molecule has 0 fully saturated rings. The maximum Gasteiger partial charge on any atom is 0.313 e. The number of hydrogen-bond donors (Lipinski definition) is 4. The Morgan fingerprint density at radius 1 is 1.35 bits per heavy atom. The lowest BCUT2D eigenvalue weighted by molar-refractivity contribution is -0.136. The highest BCUT2D eigenvalue weighted by Crippen LogP contribution is 2.22. The second-order valence-corrected chi connectivity index (χ2v) is 3.58. The third-order valence-corrected chi connectivity index (χ3v) is 2.19. The van der Waals surface area contributed by atoms with E-state index in [-0.39, 0.29) is 13.2 Å². The number of nitrogen functional groups attached to an aromatic ring is 1. The van der Waals surface area contributed by atoms with E-state index in [0.29, 0.717) is 16.4 Å². The van der Waals surface area contributed by atoms with Crippen molar-refractivity contribution in [3.05, 3.63) is 23.2 Å². The first-order valence-electron chi connectivity index (χ1n) is 4.79. The zero-order chi connectivity index (χ0) is 12.8. The molecule has 7 heteroatoms. The lowest BCUT2D eigenvalue weighted by atomic mass is 10.3. The predicted octanol–water partition coefficient (Wildman–Crippen LogP) is -0.0308. The first-order chi connectivity index (χ1) is 8.04. The van der Waals surface area contributed by atoms with Gasteiger partial charge in [0.05, 0.1) is 17.3 Å². The fourth-order valence-corrected chi connectivity index (χ4v) is 1.22. The van der Waals surface area contributed by atoms with Crippen LogP contribution < -0.4 is 16.4 Å². The molecule has 0 unspecified atom stereocenters. The molecule has 1 aromatic carbocycles. The van der Waals surface area contributed by atoms with Gasteiger partial charge in [-0.2, -0.15) is 0 Å². The molecule has 2 amide bonds. The molecule has 6 nitrogen and oxygen atoms in total. The molecular formula is C10H12ClN3O3. The van der Waals surface area contributed by atoms with E-state index in [1.54, 1.807) is 0 Å². The zero-order valence-corrected chi connectivity index (χ0v) is 9.62. The molecule has 0 spiro atoms. The lowest BCUT2D eigenvalue weighted by Crippen LogP contribution is -2.36. The molecule has 0 aliphatic rings. The Labute approximate surface area is 103 Å². The summed E-state index contributed by atoms with van der Waals surface area (Å²) >= 11 is 5.75. The van der Waals surface area contributed by atoms with Crippen LogP contribution >= 0.6 is 11.6 Å². The molecule has 0 atom stereocenters. The number of amides is 2. The topological polar surface area (TPSA) is 104 Å². The molecule has 1 aromatic rings. The Morgan fingerprint density at radius 3 is 2.65 bits per heavy atom. The van der Waals surface area contributed by atoms with Crippen LogP contribution in [0.1, 0.15) is 0 Å². The normalized spacial score (nSPS) is 9.76. The van der Waals surface area contributed by atoms with E-state index >= 15 is 0 Å². The summed E-state index contributed by atoms with van der Waals surface area (Å²) in [5.41, 5.74) is 6.25. The van der Waals surface area contributed by atoms with Crippen molar-refractivity contribution in [3.63, 3.8) is 0 Å². The van der Waals surface area contributed by atoms with Gasteiger partial charge < -0.3 is 21.5 Å². The highest BCUT2D eigenvalue weighted by Gasteiger charge is 2.13. The summed E-state index contributed by atoms with van der Waals surface area (Å²) in [7, 11) is 0. The number of anilines is 2. The van der Waals surface area contributed by atoms with Crippen molar-refractivity contribution in [2.75, 3.05) is 24.2 Å². The minimum atomic E-state index is -0.834. The molecule has 0 aliphatic carbocycles. The molecule has 0 saturated carbocycles. The molecule has 0 aromatic heterocycles. The van der Waals surface area contributed by atoms with Gasteiger partial charge in [-0.05, 0) is 18.2 Å². The van der Waals surface area contributed by atoms with Crippen LogP contribution in [0.4, 0.5) is 11.4 Å². The summed E-state index contributed by atoms with van der Waals surface area (Å²) in [5, 5.41) is 13.3. The Kier molecular flexibility index (Phi) is 4.74. The minimum Gasteiger partial charge on any atom is -0.398 e. The van der Waals surface area contributed by atoms with Crippen molar-refractivity contribution >= 4 is 34.8 Å². The van der Waals surface area contributed by atoms with Gasteiger partial charge in [0, 0.05) is 12.2 Å². The number of rotatable bonds is 3. The SMILES string of the molecule is Nc1ccc(NC(=O)C(=O)NCCO)cc1Cl. The van der Waals surface area contributed by atoms with Crippen LogP contribution in [0.25, 0.3) is 0 Å². The third-order valence-electron chi connectivity index (χ3n) is 1.86. The van der Waals surface area contributed by atoms with E-state index in [9.17, 15) is 9.59 Å². The fourth-order valence-electron chi connectivity index (χ4n) is 1.04. The van der Waals surface area contributed by atoms with Gasteiger partial charge >= 0.3 is 11.8 Å². The summed E-state index contributed by atoms with van der Waals surface area (Å²) in [6.07, 6.45) is 0. The number of hydrogen-bond acceptors (Lipinski definition) is 4. The van der Waals surface area contributed by atoms with Crippen LogP contribution in [0.15, 0.2) is 18.2 Å². The van der Waals surface area contributed by atoms with Gasteiger partial charge in [-0.3, -0.25) is 9.59 Å². The van der Waals surface area contributed by atoms with Gasteiger partial charge in [0.25, 0.3) is 0 Å². The van der Waals surface area contributed by atoms with Crippen LogP contribution in [0.3, 0.4) is 0 Å². The van der Waals surface area contributed by atoms with Crippen LogP contribution in [-0.4, -0.2) is 30.1 Å². The second kappa shape index (κ2) is 6.07. The van der Waals surface area contributed by atoms with E-state index in [4.69, 9.17) is 22.4 Å². The van der Waals surface area contributed by atoms with Crippen molar-refractivity contribution in [1.29, 1.82) is 0 Å². The maximum absolute atomic E-state index is 11.3. The predicted molar refractivity (Wildman–Crippen MR) is 64.6 cm³/mol. The second-order valence-electron chi connectivity index (χ2n) is 3.17. The molecule has 5 N–H and O–H groups in total. The van der Waals surface area contributed by atoms with Gasteiger partial charge in [0.2, 0.25) is 0 Å². The minimum absolute atomic E-state index is 0.0226. The molecule has 92 valence electrons. The Bertz CT molecular complexity index is 437. The van der Waals surface area contributed by atoms with Crippen LogP contribution in [-0.2, 0) is 9.59 Å². The highest BCUT2D eigenvalue weighted by molar-refractivity contribution is 6.40. The number of aliphatic hydroxyl groups excluding tert-OH is 1. The van der Waals surface area contributed by atoms with Gasteiger partial charge in [-0.25, -0.2) is 0 Å². The van der Waals surface area contributed by atoms with Gasteiger partial charge in [-0.1, -0.05) is 11.6 Å². The molecule has 0 saturated heterocycles. The Morgan fingerprint density at radius 2 is 2.06 bits per heavy atom. The number of nitrogens with one attached hydrogen (secondary N) is 2. The summed E-state index contributed by atoms with van der Waals surface area (Å²) in [5.74, 6) is -1.66. The molecule has 0 heterocycles. The number of carbonyl (C=O) groups is 2. The van der Waals surface area contributed by atoms with Crippen LogP contribution in [0.5, 0.6) is 0 Å². The van der Waals surface area contributed by atoms with Gasteiger partial charge in [0.15, 0.2) is 0 Å². The molecule has 17 heavy (non-hydrogen) atoms. The van der Waals surface area contributed by atoms with Crippen molar-refractivity contribution in [2.24, 2.45) is 0 Å². The zero-order valence-electron chi connectivity index (χ0n) is 8.87. The van der Waals surface area contributed by atoms with E-state index < -0.39 is 11.8 Å². The van der Waals surface area contributed by atoms with Gasteiger partial charge in [0.1, 0.15) is 0 Å². The molecule has 0 radical (unpaired) electrons. The van der Waals surface area contributed by atoms with Crippen LogP contribution in [0, 0.1) is 0 Å². The molecule has 1 rings (SSSR count). The van der Waals surface area contributed by atoms with Crippen molar-refractivity contribution in [1.82, 2.24) is 5.32 Å². The van der Waals surface area contributed by atoms with E-state index in [2.05, 4.69) is 10.6 Å². The highest BCUT2D eigenvalue weighted by atomic mass is 35.5. The van der Waals surface area contributed by atoms with Crippen molar-refractivity contribution < 1.29 is 14.7 Å². The molecular weight excluding hydrogens is 246 g/mol. The summed E-state index contributed by atoms with van der Waals surface area (Å²) in [4.78, 5) is 22.5. The third kappa shape index (κ3) is 3.93. The standard InChI is InChI=1S/C10H12ClN3O3/c11-7-5-6(1-2-8(7)12)14-10(17)9(16)13-3-4-15/h1-2,5,15H,3-4,12H2,(H,13,16)(H,14,17). The fraction of sp³-hybridized carbons (Fsp3) is 0.200. The monoisotopic (exact) mass is 257 g/mol. The van der Waals surface area contributed by atoms with Crippen LogP contribution in [0.2, 0.25) is 5.02 Å². The number of benzene rings is 1. The lowest BCUT2D eigenvalue weighted by Gasteiger charge is -2.06. The average molecular weight is 258 g/mol. The van der Waals surface area contributed by atoms with Crippen molar-refractivity contribution in [3.8, 4) is 0 Å². The molecule has 0 aliphatic heterocycles. The van der Waals surface area contributed by atoms with Gasteiger partial charge in [-0.15, -0.1) is 0 Å². The quantitative estimate of drug-likeness (QED) is 0.451. The van der Waals surface area contributed by atoms with Crippen molar-refractivity contribution in [2.45, 2.75) is 0 Å². The summed E-state index contributed by atoms with van der Waals surface area (Å²) in [6, 6.07) is 4.48. The van der Waals surface area contributed by atoms with E-state index in [0.717, 1.165) is 0 Å². The van der Waals surface area contributed by atoms with E-state index in [1.165, 1.54) is 18.2 Å². The molecule has 0 bridgehead atoms. The summed E-state index contributed by atoms with van der Waals surface area (Å²) in [6.45, 7) is -0.207. The first-order valence-corrected chi connectivity index (χ1v) is 5.17. The largest absolute Gasteiger partial charge is 0.398 e. The number of carbonyl (C=O) groups excluding carboxylic acids is 2. The summed E-state index contributed by atoms with van der Waals surface area (Å²) < 4.78 is 0. The number of aliphatic hydroxyl groups is 1. The Balaban J connectivity index is 2.61.